The summed E-state index contributed by atoms with van der Waals surface area (Å²) in [6, 6.07) is 16.6. The minimum atomic E-state index is 0.999. The number of fused-ring (bicyclic) bond motifs is 6. The van der Waals surface area contributed by atoms with Crippen LogP contribution in [-0.2, 0) is 0 Å². The second kappa shape index (κ2) is 6.89. The van der Waals surface area contributed by atoms with E-state index in [0.29, 0.717) is 0 Å². The van der Waals surface area contributed by atoms with Crippen molar-refractivity contribution in [2.75, 3.05) is 0 Å². The lowest BCUT2D eigenvalue weighted by molar-refractivity contribution is 1.20. The fourth-order valence-corrected chi connectivity index (χ4v) is 4.83. The summed E-state index contributed by atoms with van der Waals surface area (Å²) in [7, 11) is 0. The van der Waals surface area contributed by atoms with Crippen LogP contribution in [0, 0.1) is 0 Å². The summed E-state index contributed by atoms with van der Waals surface area (Å²) in [4.78, 5) is 13.4. The molecule has 5 nitrogen and oxygen atoms in total. The first kappa shape index (κ1) is 17.9. The number of rotatable bonds is 2. The molecule has 0 fully saturated rings. The molecule has 33 heavy (non-hydrogen) atoms. The first-order valence-corrected chi connectivity index (χ1v) is 10.8. The zero-order valence-corrected chi connectivity index (χ0v) is 17.6. The molecular formula is C28H17N5. The zero-order chi connectivity index (χ0) is 21.8. The van der Waals surface area contributed by atoms with E-state index < -0.39 is 0 Å². The summed E-state index contributed by atoms with van der Waals surface area (Å²) in [5, 5.41) is 3.29. The third kappa shape index (κ3) is 2.57. The Hall–Kier alpha value is -4.73. The van der Waals surface area contributed by atoms with Gasteiger partial charge in [-0.15, -0.1) is 5.73 Å². The molecule has 0 unspecified atom stereocenters. The predicted octanol–water partition coefficient (Wildman–Crippen LogP) is 6.19. The molecule has 7 rings (SSSR count). The molecule has 0 saturated heterocycles. The smallest absolute Gasteiger partial charge is 0.0963 e. The molecular weight excluding hydrogens is 406 g/mol. The van der Waals surface area contributed by atoms with E-state index in [1.165, 1.54) is 0 Å². The first-order valence-electron chi connectivity index (χ1n) is 10.8. The van der Waals surface area contributed by atoms with Gasteiger partial charge in [0.1, 0.15) is 0 Å². The van der Waals surface area contributed by atoms with Crippen molar-refractivity contribution in [3.63, 3.8) is 0 Å². The van der Waals surface area contributed by atoms with E-state index >= 15 is 0 Å². The van der Waals surface area contributed by atoms with Crippen molar-refractivity contribution in [3.05, 3.63) is 110 Å². The summed E-state index contributed by atoms with van der Waals surface area (Å²) in [5.41, 5.74) is 10.8. The number of hydrogen-bond acceptors (Lipinski definition) is 3. The second-order valence-corrected chi connectivity index (χ2v) is 7.98. The van der Waals surface area contributed by atoms with Gasteiger partial charge in [0.05, 0.1) is 33.3 Å². The summed E-state index contributed by atoms with van der Waals surface area (Å²) in [6.07, 6.45) is 17.6. The highest BCUT2D eigenvalue weighted by molar-refractivity contribution is 6.11. The maximum absolute atomic E-state index is 4.68. The Morgan fingerprint density at radius 1 is 0.636 bits per heavy atom. The third-order valence-corrected chi connectivity index (χ3v) is 6.19. The molecule has 0 radical (unpaired) electrons. The van der Waals surface area contributed by atoms with Crippen molar-refractivity contribution in [2.45, 2.75) is 0 Å². The maximum atomic E-state index is 4.68. The zero-order valence-electron chi connectivity index (χ0n) is 17.6. The molecule has 0 atom stereocenters. The van der Waals surface area contributed by atoms with E-state index in [4.69, 9.17) is 0 Å². The van der Waals surface area contributed by atoms with E-state index in [1.807, 2.05) is 61.3 Å². The topological polar surface area (TPSA) is 48.5 Å². The van der Waals surface area contributed by atoms with Gasteiger partial charge in [-0.2, -0.15) is 0 Å². The lowest BCUT2D eigenvalue weighted by atomic mass is 10.2. The van der Waals surface area contributed by atoms with Crippen molar-refractivity contribution in [1.29, 1.82) is 0 Å². The van der Waals surface area contributed by atoms with Crippen LogP contribution in [0.2, 0.25) is 0 Å². The maximum Gasteiger partial charge on any atom is 0.0963 e. The van der Waals surface area contributed by atoms with Gasteiger partial charge in [0, 0.05) is 58.9 Å². The van der Waals surface area contributed by atoms with E-state index in [2.05, 4.69) is 72.3 Å². The summed E-state index contributed by atoms with van der Waals surface area (Å²) in [5.74, 6) is 0. The fraction of sp³-hybridized carbons (Fsp3) is 0. The van der Waals surface area contributed by atoms with Gasteiger partial charge in [-0.25, -0.2) is 0 Å². The van der Waals surface area contributed by atoms with Gasteiger partial charge in [0.2, 0.25) is 0 Å². The molecule has 0 saturated carbocycles. The van der Waals surface area contributed by atoms with Crippen molar-refractivity contribution in [3.8, 4) is 0 Å². The largest absolute Gasteiger partial charge is 0.308 e. The number of pyridine rings is 3. The highest BCUT2D eigenvalue weighted by Gasteiger charge is 2.16. The number of aromatic nitrogens is 5. The average molecular weight is 423 g/mol. The van der Waals surface area contributed by atoms with Gasteiger partial charge < -0.3 is 9.13 Å². The van der Waals surface area contributed by atoms with Crippen LogP contribution in [0.1, 0.15) is 0 Å². The normalized spacial score (nSPS) is 13.7. The highest BCUT2D eigenvalue weighted by Crippen LogP contribution is 2.34. The standard InChI is InChI=1S/C28H17N5/c1-2-7-20(33-24-9-4-3-8-21(24)28-27(33)10-5-13-31-28)16-19(6-1)32-25-11-14-29-17-22(25)23-18-30-15-12-26(23)32/h2-18H. The average Bonchev–Trinajstić information content (AvgIpc) is 3.27. The monoisotopic (exact) mass is 423 g/mol. The van der Waals surface area contributed by atoms with Crippen molar-refractivity contribution in [2.24, 2.45) is 0 Å². The number of para-hydroxylation sites is 1. The summed E-state index contributed by atoms with van der Waals surface area (Å²) < 4.78 is 4.52. The Kier molecular flexibility index (Phi) is 3.74. The molecule has 0 N–H and O–H groups in total. The van der Waals surface area contributed by atoms with Gasteiger partial charge in [0.15, 0.2) is 0 Å². The molecule has 0 aliphatic heterocycles. The van der Waals surface area contributed by atoms with Crippen LogP contribution in [0.25, 0.3) is 55.1 Å². The molecule has 1 aliphatic rings. The molecule has 0 amide bonds. The van der Waals surface area contributed by atoms with Crippen LogP contribution >= 0.6 is 0 Å². The van der Waals surface area contributed by atoms with Gasteiger partial charge in [-0.1, -0.05) is 18.2 Å². The molecule has 154 valence electrons. The minimum Gasteiger partial charge on any atom is -0.308 e. The SMILES string of the molecule is C1=CC=C(n2c3ccccc3c3ncccc32)C=C(n2c3ccncc3c3cnccc32)C=1. The molecule has 0 spiro atoms. The van der Waals surface area contributed by atoms with Crippen LogP contribution in [0.15, 0.2) is 110 Å². The van der Waals surface area contributed by atoms with Gasteiger partial charge in [0.25, 0.3) is 0 Å². The van der Waals surface area contributed by atoms with Crippen LogP contribution in [-0.4, -0.2) is 24.1 Å². The summed E-state index contributed by atoms with van der Waals surface area (Å²) in [6.45, 7) is 0. The van der Waals surface area contributed by atoms with Crippen LogP contribution in [0.4, 0.5) is 0 Å². The Labute approximate surface area is 189 Å². The molecule has 0 bridgehead atoms. The quantitative estimate of drug-likeness (QED) is 0.312. The molecule has 5 heteroatoms. The lowest BCUT2D eigenvalue weighted by Crippen LogP contribution is -1.99. The van der Waals surface area contributed by atoms with Crippen LogP contribution in [0.5, 0.6) is 0 Å². The molecule has 5 heterocycles. The predicted molar refractivity (Wildman–Crippen MR) is 133 cm³/mol. The molecule has 6 aromatic rings. The molecule has 1 aliphatic carbocycles. The Morgan fingerprint density at radius 2 is 1.33 bits per heavy atom. The van der Waals surface area contributed by atoms with Crippen LogP contribution < -0.4 is 0 Å². The van der Waals surface area contributed by atoms with E-state index in [0.717, 1.165) is 55.1 Å². The lowest BCUT2D eigenvalue weighted by Gasteiger charge is -2.12. The second-order valence-electron chi connectivity index (χ2n) is 7.98. The van der Waals surface area contributed by atoms with Crippen molar-refractivity contribution >= 4 is 55.1 Å². The Morgan fingerprint density at radius 3 is 2.15 bits per heavy atom. The van der Waals surface area contributed by atoms with E-state index in [1.54, 1.807) is 0 Å². The van der Waals surface area contributed by atoms with Crippen molar-refractivity contribution in [1.82, 2.24) is 24.1 Å². The van der Waals surface area contributed by atoms with Crippen LogP contribution in [0.3, 0.4) is 0 Å². The van der Waals surface area contributed by atoms with Crippen molar-refractivity contribution < 1.29 is 0 Å². The van der Waals surface area contributed by atoms with Gasteiger partial charge >= 0.3 is 0 Å². The first-order chi connectivity index (χ1) is 16.4. The third-order valence-electron chi connectivity index (χ3n) is 6.19. The number of hydrogen-bond donors (Lipinski definition) is 0. The number of benzene rings is 1. The molecule has 5 aromatic heterocycles. The molecule has 1 aromatic carbocycles. The Bertz CT molecular complexity index is 1750. The summed E-state index contributed by atoms with van der Waals surface area (Å²) >= 11 is 0. The van der Waals surface area contributed by atoms with Gasteiger partial charge in [-0.05, 0) is 48.6 Å². The highest BCUT2D eigenvalue weighted by atomic mass is 15.0. The van der Waals surface area contributed by atoms with E-state index in [-0.39, 0.29) is 0 Å². The fourth-order valence-electron chi connectivity index (χ4n) is 4.83. The Balaban J connectivity index is 1.54. The van der Waals surface area contributed by atoms with E-state index in [9.17, 15) is 0 Å². The van der Waals surface area contributed by atoms with Gasteiger partial charge in [-0.3, -0.25) is 15.0 Å². The number of nitrogens with zero attached hydrogens (tertiary/aromatic N) is 5. The minimum absolute atomic E-state index is 0.999. The number of allylic oxidation sites excluding steroid dienone is 5.